The molecular weight excluding hydrogens is 352 g/mol. The van der Waals surface area contributed by atoms with Gasteiger partial charge in [0.1, 0.15) is 0 Å². The summed E-state index contributed by atoms with van der Waals surface area (Å²) in [6.45, 7) is 11.5. The molecule has 0 aromatic heterocycles. The van der Waals surface area contributed by atoms with E-state index in [-0.39, 0.29) is 0 Å². The van der Waals surface area contributed by atoms with E-state index in [9.17, 15) is 0 Å². The number of benzene rings is 2. The molecule has 150 valence electrons. The molecule has 0 unspecified atom stereocenters. The van der Waals surface area contributed by atoms with Crippen LogP contribution in [0.15, 0.2) is 102 Å². The van der Waals surface area contributed by atoms with Gasteiger partial charge in [-0.15, -0.1) is 0 Å². The van der Waals surface area contributed by atoms with E-state index < -0.39 is 0 Å². The van der Waals surface area contributed by atoms with Crippen LogP contribution >= 0.6 is 0 Å². The van der Waals surface area contributed by atoms with Crippen molar-refractivity contribution in [2.45, 2.75) is 34.6 Å². The molecule has 0 saturated heterocycles. The normalized spacial score (nSPS) is 13.1. The Bertz CT molecular complexity index is 943. The predicted octanol–water partition coefficient (Wildman–Crippen LogP) is 7.49. The number of para-hydroxylation sites is 2. The van der Waals surface area contributed by atoms with Crippen LogP contribution in [0.4, 0.5) is 11.4 Å². The third-order valence-electron chi connectivity index (χ3n) is 4.68. The van der Waals surface area contributed by atoms with Gasteiger partial charge in [0.05, 0.1) is 5.69 Å². The summed E-state index contributed by atoms with van der Waals surface area (Å²) in [5, 5.41) is 0. The summed E-state index contributed by atoms with van der Waals surface area (Å²) in [5.41, 5.74) is 6.97. The van der Waals surface area contributed by atoms with Crippen molar-refractivity contribution in [3.05, 3.63) is 108 Å². The monoisotopic (exact) mass is 384 g/mol. The van der Waals surface area contributed by atoms with Gasteiger partial charge < -0.3 is 4.90 Å². The lowest BCUT2D eigenvalue weighted by molar-refractivity contribution is 0.947. The molecule has 2 nitrogen and oxygen atoms in total. The number of hydrogen-bond donors (Lipinski definition) is 0. The quantitative estimate of drug-likeness (QED) is 0.340. The third-order valence-corrected chi connectivity index (χ3v) is 4.68. The number of aliphatic imine (C=N–C) groups is 1. The topological polar surface area (TPSA) is 15.6 Å². The van der Waals surface area contributed by atoms with E-state index in [1.165, 1.54) is 22.5 Å². The van der Waals surface area contributed by atoms with Gasteiger partial charge in [0, 0.05) is 23.6 Å². The molecule has 2 rings (SSSR count). The fraction of sp³-hybridized carbons (Fsp3) is 0.222. The highest BCUT2D eigenvalue weighted by molar-refractivity contribution is 5.95. The van der Waals surface area contributed by atoms with E-state index in [1.807, 2.05) is 55.5 Å². The van der Waals surface area contributed by atoms with E-state index in [0.29, 0.717) is 0 Å². The highest BCUT2D eigenvalue weighted by atomic mass is 15.1. The van der Waals surface area contributed by atoms with Crippen molar-refractivity contribution in [1.82, 2.24) is 0 Å². The van der Waals surface area contributed by atoms with Crippen molar-refractivity contribution in [3.63, 3.8) is 0 Å². The molecule has 0 amide bonds. The minimum absolute atomic E-state index is 0.944. The number of nitrogens with zero attached hydrogens (tertiary/aromatic N) is 2. The van der Waals surface area contributed by atoms with Crippen LogP contribution in [0.2, 0.25) is 0 Å². The second-order valence-electron chi connectivity index (χ2n) is 7.01. The van der Waals surface area contributed by atoms with Gasteiger partial charge in [0.2, 0.25) is 0 Å². The Morgan fingerprint density at radius 2 is 1.45 bits per heavy atom. The fourth-order valence-corrected chi connectivity index (χ4v) is 3.06. The zero-order valence-corrected chi connectivity index (χ0v) is 18.3. The van der Waals surface area contributed by atoms with E-state index >= 15 is 0 Å². The zero-order chi connectivity index (χ0) is 21.1. The molecule has 0 N–H and O–H groups in total. The van der Waals surface area contributed by atoms with Crippen molar-refractivity contribution in [3.8, 4) is 0 Å². The maximum absolute atomic E-state index is 4.64. The maximum atomic E-state index is 4.64. The summed E-state index contributed by atoms with van der Waals surface area (Å²) in [6.07, 6.45) is 14.4. The van der Waals surface area contributed by atoms with Crippen LogP contribution in [-0.2, 0) is 0 Å². The average molecular weight is 385 g/mol. The Morgan fingerprint density at radius 1 is 0.828 bits per heavy atom. The second kappa shape index (κ2) is 11.7. The molecule has 0 fully saturated rings. The van der Waals surface area contributed by atoms with Gasteiger partial charge in [-0.2, -0.15) is 0 Å². The van der Waals surface area contributed by atoms with E-state index in [1.54, 1.807) is 0 Å². The molecule has 0 radical (unpaired) electrons. The largest absolute Gasteiger partial charge is 0.345 e. The van der Waals surface area contributed by atoms with Crippen LogP contribution in [0.3, 0.4) is 0 Å². The van der Waals surface area contributed by atoms with Crippen molar-refractivity contribution in [2.24, 2.45) is 4.99 Å². The standard InChI is InChI=1S/C27H32N2/c1-6-29(27-21-15-13-17-23(27)3)25(5)19-11-9-7-8-10-18-24(4)28-26-20-14-12-16-22(26)2/h7-21H,6H2,1-5H3/b8-7+,11-9+,18-10+,25-19+,28-24+. The lowest BCUT2D eigenvalue weighted by Gasteiger charge is -2.25. The SMILES string of the molecule is CCN(/C(C)=C/C=C/C=C/C=C/C(C)=N/c1ccccc1C)c1ccccc1C. The van der Waals surface area contributed by atoms with Gasteiger partial charge >= 0.3 is 0 Å². The predicted molar refractivity (Wildman–Crippen MR) is 129 cm³/mol. The Kier molecular flexibility index (Phi) is 8.91. The van der Waals surface area contributed by atoms with Crippen molar-refractivity contribution < 1.29 is 0 Å². The summed E-state index contributed by atoms with van der Waals surface area (Å²) in [6, 6.07) is 16.7. The smallest absolute Gasteiger partial charge is 0.0661 e. The Labute approximate surface area is 176 Å². The fourth-order valence-electron chi connectivity index (χ4n) is 3.06. The van der Waals surface area contributed by atoms with Gasteiger partial charge in [-0.1, -0.05) is 66.8 Å². The van der Waals surface area contributed by atoms with Gasteiger partial charge in [-0.05, 0) is 70.0 Å². The third kappa shape index (κ3) is 7.08. The first-order chi connectivity index (χ1) is 14.0. The summed E-state index contributed by atoms with van der Waals surface area (Å²) < 4.78 is 0. The molecule has 0 saturated carbocycles. The molecule has 0 bridgehead atoms. The maximum Gasteiger partial charge on any atom is 0.0661 e. The Balaban J connectivity index is 1.94. The highest BCUT2D eigenvalue weighted by Gasteiger charge is 2.07. The average Bonchev–Trinajstić information content (AvgIpc) is 2.71. The molecule has 0 atom stereocenters. The molecular formula is C27H32N2. The number of aryl methyl sites for hydroxylation is 2. The van der Waals surface area contributed by atoms with Crippen LogP contribution in [-0.4, -0.2) is 12.3 Å². The lowest BCUT2D eigenvalue weighted by atomic mass is 10.1. The molecule has 29 heavy (non-hydrogen) atoms. The van der Waals surface area contributed by atoms with Crippen molar-refractivity contribution in [2.75, 3.05) is 11.4 Å². The first-order valence-corrected chi connectivity index (χ1v) is 10.1. The summed E-state index contributed by atoms with van der Waals surface area (Å²) >= 11 is 0. The Hall–Kier alpha value is -3.13. The van der Waals surface area contributed by atoms with Crippen molar-refractivity contribution >= 4 is 17.1 Å². The molecule has 0 aliphatic heterocycles. The number of anilines is 1. The highest BCUT2D eigenvalue weighted by Crippen LogP contribution is 2.23. The van der Waals surface area contributed by atoms with E-state index in [4.69, 9.17) is 0 Å². The molecule has 2 aromatic carbocycles. The van der Waals surface area contributed by atoms with Gasteiger partial charge in [-0.25, -0.2) is 0 Å². The summed E-state index contributed by atoms with van der Waals surface area (Å²) in [7, 11) is 0. The molecule has 0 aliphatic rings. The molecule has 0 spiro atoms. The first kappa shape index (κ1) is 22.2. The zero-order valence-electron chi connectivity index (χ0n) is 18.3. The number of rotatable bonds is 8. The number of hydrogen-bond acceptors (Lipinski definition) is 2. The summed E-state index contributed by atoms with van der Waals surface area (Å²) in [4.78, 5) is 6.97. The van der Waals surface area contributed by atoms with Crippen LogP contribution in [0.25, 0.3) is 0 Å². The Morgan fingerprint density at radius 3 is 2.14 bits per heavy atom. The molecule has 2 aromatic rings. The van der Waals surface area contributed by atoms with E-state index in [0.717, 1.165) is 17.9 Å². The molecule has 0 aliphatic carbocycles. The minimum Gasteiger partial charge on any atom is -0.345 e. The van der Waals surface area contributed by atoms with Gasteiger partial charge in [0.25, 0.3) is 0 Å². The van der Waals surface area contributed by atoms with Crippen molar-refractivity contribution in [1.29, 1.82) is 0 Å². The second-order valence-corrected chi connectivity index (χ2v) is 7.01. The van der Waals surface area contributed by atoms with E-state index in [2.05, 4.69) is 80.1 Å². The summed E-state index contributed by atoms with van der Waals surface area (Å²) in [5.74, 6) is 0. The number of allylic oxidation sites excluding steroid dienone is 8. The van der Waals surface area contributed by atoms with Gasteiger partial charge in [0.15, 0.2) is 0 Å². The van der Waals surface area contributed by atoms with Crippen LogP contribution in [0.1, 0.15) is 31.9 Å². The van der Waals surface area contributed by atoms with Gasteiger partial charge in [-0.3, -0.25) is 4.99 Å². The van der Waals surface area contributed by atoms with Crippen LogP contribution in [0.5, 0.6) is 0 Å². The van der Waals surface area contributed by atoms with Crippen LogP contribution < -0.4 is 4.90 Å². The first-order valence-electron chi connectivity index (χ1n) is 10.1. The molecule has 2 heteroatoms. The lowest BCUT2D eigenvalue weighted by Crippen LogP contribution is -2.20. The molecule has 0 heterocycles. The van der Waals surface area contributed by atoms with Crippen LogP contribution in [0, 0.1) is 13.8 Å². The minimum atomic E-state index is 0.944.